The predicted molar refractivity (Wildman–Crippen MR) is 75.1 cm³/mol. The maximum atomic E-state index is 11.5. The number of nitrogens with zero attached hydrogens (tertiary/aromatic N) is 3. The molecule has 6 heteroatoms. The summed E-state index contributed by atoms with van der Waals surface area (Å²) in [6, 6.07) is 0.519. The van der Waals surface area contributed by atoms with E-state index in [-0.39, 0.29) is 5.69 Å². The molecule has 0 saturated carbocycles. The Morgan fingerprint density at radius 3 is 2.74 bits per heavy atom. The minimum Gasteiger partial charge on any atom is -0.464 e. The average Bonchev–Trinajstić information content (AvgIpc) is 2.69. The zero-order valence-electron chi connectivity index (χ0n) is 12.4. The van der Waals surface area contributed by atoms with Crippen LogP contribution in [0.5, 0.6) is 0 Å². The molecule has 0 spiro atoms. The van der Waals surface area contributed by atoms with Crippen molar-refractivity contribution >= 4 is 11.8 Å². The maximum absolute atomic E-state index is 11.5. The van der Waals surface area contributed by atoms with Crippen molar-refractivity contribution in [1.82, 2.24) is 14.5 Å². The normalized spacial score (nSPS) is 12.7. The lowest BCUT2D eigenvalue weighted by molar-refractivity contribution is 0.0595. The van der Waals surface area contributed by atoms with Crippen LogP contribution in [0, 0.1) is 6.92 Å². The lowest BCUT2D eigenvalue weighted by Gasteiger charge is -2.24. The van der Waals surface area contributed by atoms with E-state index < -0.39 is 5.97 Å². The molecule has 1 rings (SSSR count). The largest absolute Gasteiger partial charge is 0.464 e. The molecule has 0 aliphatic rings. The highest BCUT2D eigenvalue weighted by Gasteiger charge is 2.19. The molecule has 2 N–H and O–H groups in total. The Balaban J connectivity index is 2.79. The van der Waals surface area contributed by atoms with Gasteiger partial charge in [0.05, 0.1) is 7.11 Å². The van der Waals surface area contributed by atoms with Gasteiger partial charge in [0.1, 0.15) is 11.6 Å². The second-order valence-electron chi connectivity index (χ2n) is 4.77. The zero-order valence-corrected chi connectivity index (χ0v) is 12.4. The molecule has 1 heterocycles. The summed E-state index contributed by atoms with van der Waals surface area (Å²) in [7, 11) is 3.41. The van der Waals surface area contributed by atoms with Gasteiger partial charge in [-0.3, -0.25) is 0 Å². The van der Waals surface area contributed by atoms with E-state index >= 15 is 0 Å². The Bertz CT molecular complexity index is 442. The molecule has 1 unspecified atom stereocenters. The van der Waals surface area contributed by atoms with Crippen molar-refractivity contribution in [2.24, 2.45) is 0 Å². The van der Waals surface area contributed by atoms with Gasteiger partial charge in [-0.15, -0.1) is 0 Å². The van der Waals surface area contributed by atoms with Gasteiger partial charge in [0.15, 0.2) is 5.69 Å². The summed E-state index contributed by atoms with van der Waals surface area (Å²) in [5, 5.41) is 0. The van der Waals surface area contributed by atoms with E-state index in [0.717, 1.165) is 18.8 Å². The van der Waals surface area contributed by atoms with Crippen LogP contribution in [0.15, 0.2) is 0 Å². The number of carbonyl (C=O) groups is 1. The van der Waals surface area contributed by atoms with E-state index in [9.17, 15) is 4.79 Å². The van der Waals surface area contributed by atoms with Gasteiger partial charge >= 0.3 is 5.97 Å². The number of nitrogens with two attached hydrogens (primary N) is 1. The quantitative estimate of drug-likeness (QED) is 0.787. The fourth-order valence-corrected chi connectivity index (χ4v) is 1.90. The van der Waals surface area contributed by atoms with Crippen molar-refractivity contribution in [2.75, 3.05) is 26.4 Å². The van der Waals surface area contributed by atoms with Crippen LogP contribution in [0.1, 0.15) is 36.6 Å². The second kappa shape index (κ2) is 6.56. The van der Waals surface area contributed by atoms with E-state index in [0.29, 0.717) is 18.4 Å². The van der Waals surface area contributed by atoms with Gasteiger partial charge in [-0.25, -0.2) is 9.78 Å². The number of aromatic nitrogens is 2. The monoisotopic (exact) mass is 268 g/mol. The number of aryl methyl sites for hydroxylation is 1. The van der Waals surface area contributed by atoms with Gasteiger partial charge in [-0.1, -0.05) is 6.92 Å². The van der Waals surface area contributed by atoms with Crippen molar-refractivity contribution in [1.29, 1.82) is 0 Å². The molecule has 19 heavy (non-hydrogen) atoms. The fraction of sp³-hybridized carbons (Fsp3) is 0.692. The number of imidazole rings is 1. The molecule has 0 saturated heterocycles. The molecule has 0 amide bonds. The first-order chi connectivity index (χ1) is 8.92. The third kappa shape index (κ3) is 3.47. The number of ether oxygens (including phenoxy) is 1. The van der Waals surface area contributed by atoms with Crippen molar-refractivity contribution in [3.63, 3.8) is 0 Å². The topological polar surface area (TPSA) is 73.4 Å². The molecule has 0 aliphatic heterocycles. The van der Waals surface area contributed by atoms with Crippen LogP contribution in [0.2, 0.25) is 0 Å². The van der Waals surface area contributed by atoms with E-state index in [1.54, 1.807) is 0 Å². The Labute approximate surface area is 114 Å². The van der Waals surface area contributed by atoms with Crippen molar-refractivity contribution in [3.05, 3.63) is 11.5 Å². The number of methoxy groups -OCH3 is 1. The first-order valence-electron chi connectivity index (χ1n) is 6.53. The van der Waals surface area contributed by atoms with Crippen LogP contribution in [0.3, 0.4) is 0 Å². The van der Waals surface area contributed by atoms with Crippen molar-refractivity contribution in [3.8, 4) is 0 Å². The number of hydrogen-bond acceptors (Lipinski definition) is 5. The first-order valence-corrected chi connectivity index (χ1v) is 6.53. The summed E-state index contributed by atoms with van der Waals surface area (Å²) in [6.45, 7) is 7.75. The number of nitrogen functional groups attached to an aromatic ring is 1. The number of rotatable bonds is 6. The van der Waals surface area contributed by atoms with Gasteiger partial charge in [-0.05, 0) is 27.3 Å². The van der Waals surface area contributed by atoms with Crippen molar-refractivity contribution in [2.45, 2.75) is 39.8 Å². The molecule has 0 fully saturated rings. The van der Waals surface area contributed by atoms with Crippen LogP contribution in [0.25, 0.3) is 0 Å². The van der Waals surface area contributed by atoms with Gasteiger partial charge < -0.3 is 19.9 Å². The van der Waals surface area contributed by atoms with Crippen LogP contribution in [-0.4, -0.2) is 47.2 Å². The van der Waals surface area contributed by atoms with Crippen molar-refractivity contribution < 1.29 is 9.53 Å². The fourth-order valence-electron chi connectivity index (χ4n) is 1.90. The molecule has 1 atom stereocenters. The predicted octanol–water partition coefficient (Wildman–Crippen LogP) is 1.29. The molecule has 1 aromatic rings. The van der Waals surface area contributed by atoms with Crippen LogP contribution in [0.4, 0.5) is 5.82 Å². The standard InChI is InChI=1S/C13H24N4O2/c1-6-9(2)16(4)7-8-17-10(3)15-11(12(17)14)13(18)19-5/h9H,6-8,14H2,1-5H3. The summed E-state index contributed by atoms with van der Waals surface area (Å²) >= 11 is 0. The minimum absolute atomic E-state index is 0.200. The maximum Gasteiger partial charge on any atom is 0.360 e. The number of likely N-dealkylation sites (N-methyl/N-ethyl adjacent to an activating group) is 1. The van der Waals surface area contributed by atoms with Crippen LogP contribution in [-0.2, 0) is 11.3 Å². The molecule has 0 bridgehead atoms. The van der Waals surface area contributed by atoms with E-state index in [2.05, 4.69) is 35.5 Å². The molecule has 0 aromatic carbocycles. The van der Waals surface area contributed by atoms with Crippen LogP contribution < -0.4 is 5.73 Å². The molecular formula is C13H24N4O2. The highest BCUT2D eigenvalue weighted by atomic mass is 16.5. The highest BCUT2D eigenvalue weighted by molar-refractivity contribution is 5.92. The Morgan fingerprint density at radius 2 is 2.21 bits per heavy atom. The van der Waals surface area contributed by atoms with E-state index in [4.69, 9.17) is 5.73 Å². The SMILES string of the molecule is CCC(C)N(C)CCn1c(C)nc(C(=O)OC)c1N. The summed E-state index contributed by atoms with van der Waals surface area (Å²) in [6.07, 6.45) is 1.10. The highest BCUT2D eigenvalue weighted by Crippen LogP contribution is 2.15. The molecule has 108 valence electrons. The number of esters is 1. The molecule has 1 aromatic heterocycles. The number of carbonyl (C=O) groups excluding carboxylic acids is 1. The first kappa shape index (κ1) is 15.5. The summed E-state index contributed by atoms with van der Waals surface area (Å²) < 4.78 is 6.51. The summed E-state index contributed by atoms with van der Waals surface area (Å²) in [5.74, 6) is 0.618. The Morgan fingerprint density at radius 1 is 1.58 bits per heavy atom. The zero-order chi connectivity index (χ0) is 14.6. The molecular weight excluding hydrogens is 244 g/mol. The average molecular weight is 268 g/mol. The Kier molecular flexibility index (Phi) is 5.35. The smallest absolute Gasteiger partial charge is 0.360 e. The lowest BCUT2D eigenvalue weighted by Crippen LogP contribution is -2.31. The number of hydrogen-bond donors (Lipinski definition) is 1. The van der Waals surface area contributed by atoms with Gasteiger partial charge in [0.25, 0.3) is 0 Å². The van der Waals surface area contributed by atoms with Gasteiger partial charge in [0.2, 0.25) is 0 Å². The van der Waals surface area contributed by atoms with Gasteiger partial charge in [0, 0.05) is 19.1 Å². The molecule has 0 aliphatic carbocycles. The Hall–Kier alpha value is -1.56. The second-order valence-corrected chi connectivity index (χ2v) is 4.77. The lowest BCUT2D eigenvalue weighted by atomic mass is 10.2. The van der Waals surface area contributed by atoms with Gasteiger partial charge in [-0.2, -0.15) is 0 Å². The summed E-state index contributed by atoms with van der Waals surface area (Å²) in [5.41, 5.74) is 6.16. The third-order valence-electron chi connectivity index (χ3n) is 3.60. The van der Waals surface area contributed by atoms with E-state index in [1.165, 1.54) is 7.11 Å². The minimum atomic E-state index is -0.491. The number of anilines is 1. The summed E-state index contributed by atoms with van der Waals surface area (Å²) in [4.78, 5) is 17.9. The third-order valence-corrected chi connectivity index (χ3v) is 3.60. The molecule has 0 radical (unpaired) electrons. The van der Waals surface area contributed by atoms with Crippen LogP contribution >= 0.6 is 0 Å². The van der Waals surface area contributed by atoms with E-state index in [1.807, 2.05) is 11.5 Å². The molecule has 6 nitrogen and oxygen atoms in total.